The molecule has 1 aromatic heterocycles. The Labute approximate surface area is 228 Å². The van der Waals surface area contributed by atoms with Gasteiger partial charge in [-0.05, 0) is 58.2 Å². The van der Waals surface area contributed by atoms with Gasteiger partial charge in [0.2, 0.25) is 21.7 Å². The van der Waals surface area contributed by atoms with E-state index in [1.165, 1.54) is 11.0 Å². The van der Waals surface area contributed by atoms with Crippen LogP contribution in [0.3, 0.4) is 0 Å². The number of rotatable bonds is 4. The summed E-state index contributed by atoms with van der Waals surface area (Å²) in [4.78, 5) is 48.5. The molecule has 0 spiro atoms. The molecular formula is C25H30F2N4O6S2. The number of amides is 3. The molecule has 0 aliphatic carbocycles. The first-order chi connectivity index (χ1) is 18.2. The lowest BCUT2D eigenvalue weighted by molar-refractivity contribution is -0.137. The van der Waals surface area contributed by atoms with E-state index in [1.807, 2.05) is 0 Å². The lowest BCUT2D eigenvalue weighted by atomic mass is 10.0. The van der Waals surface area contributed by atoms with Crippen molar-refractivity contribution in [1.82, 2.24) is 14.8 Å². The smallest absolute Gasteiger partial charge is 0.410 e. The summed E-state index contributed by atoms with van der Waals surface area (Å²) >= 11 is 1.16. The molecule has 3 aliphatic rings. The average molecular weight is 585 g/mol. The summed E-state index contributed by atoms with van der Waals surface area (Å²) in [5.74, 6) is -4.52. The van der Waals surface area contributed by atoms with Crippen LogP contribution in [0.1, 0.15) is 47.0 Å². The van der Waals surface area contributed by atoms with Crippen molar-refractivity contribution in [2.75, 3.05) is 18.0 Å². The molecule has 4 atom stereocenters. The molecule has 0 saturated carbocycles. The number of alkyl halides is 2. The van der Waals surface area contributed by atoms with Gasteiger partial charge >= 0.3 is 11.9 Å². The third-order valence-corrected chi connectivity index (χ3v) is 9.87. The van der Waals surface area contributed by atoms with Gasteiger partial charge in [-0.3, -0.25) is 19.4 Å². The first-order valence-electron chi connectivity index (χ1n) is 12.8. The van der Waals surface area contributed by atoms with Crippen molar-refractivity contribution in [3.63, 3.8) is 0 Å². The number of hydrogen-bond donors (Lipinski definition) is 0. The molecular weight excluding hydrogens is 554 g/mol. The Morgan fingerprint density at radius 2 is 1.87 bits per heavy atom. The minimum absolute atomic E-state index is 0.200. The summed E-state index contributed by atoms with van der Waals surface area (Å²) in [7, 11) is -4.79. The summed E-state index contributed by atoms with van der Waals surface area (Å²) in [5, 5.41) is 0.325. The number of thiazole rings is 1. The highest BCUT2D eigenvalue weighted by molar-refractivity contribution is 7.91. The second-order valence-corrected chi connectivity index (χ2v) is 14.1. The Balaban J connectivity index is 1.39. The number of sulfone groups is 1. The van der Waals surface area contributed by atoms with Gasteiger partial charge in [-0.25, -0.2) is 18.2 Å². The van der Waals surface area contributed by atoms with Gasteiger partial charge in [-0.15, -0.1) is 0 Å². The lowest BCUT2D eigenvalue weighted by Crippen LogP contribution is -2.52. The Kier molecular flexibility index (Phi) is 6.85. The van der Waals surface area contributed by atoms with Crippen molar-refractivity contribution >= 4 is 54.4 Å². The Bertz CT molecular complexity index is 1440. The van der Waals surface area contributed by atoms with Gasteiger partial charge in [-0.1, -0.05) is 18.3 Å². The zero-order valence-corrected chi connectivity index (χ0v) is 23.6. The zero-order chi connectivity index (χ0) is 28.4. The maximum atomic E-state index is 13.7. The fourth-order valence-corrected chi connectivity index (χ4v) is 7.49. The standard InChI is InChI=1S/C25H30F2N4O6S2/c1-13-19-16(9-11-30(19)21(33)17-6-5-10-29(17)24(34)37-25(2,3)4)31(20(13)32)23-28-15-12-14(7-8-18(15)38-23)39(35,36)22(26)27/h7-8,12-13,16-17,19,22H,5-6,9-11H2,1-4H3/t13-,16-,17-,19+/m0/s1. The van der Waals surface area contributed by atoms with Crippen molar-refractivity contribution in [2.45, 2.75) is 81.3 Å². The summed E-state index contributed by atoms with van der Waals surface area (Å²) in [6.07, 6.45) is 1.16. The van der Waals surface area contributed by atoms with Crippen LogP contribution in [0.25, 0.3) is 10.2 Å². The molecule has 1 aromatic carbocycles. The Morgan fingerprint density at radius 3 is 2.54 bits per heavy atom. The highest BCUT2D eigenvalue weighted by atomic mass is 32.2. The topological polar surface area (TPSA) is 117 Å². The van der Waals surface area contributed by atoms with E-state index in [-0.39, 0.29) is 23.4 Å². The number of likely N-dealkylation sites (tertiary alicyclic amines) is 2. The number of anilines is 1. The average Bonchev–Trinajstić information content (AvgIpc) is 3.62. The van der Waals surface area contributed by atoms with Gasteiger partial charge in [0.05, 0.1) is 33.1 Å². The largest absolute Gasteiger partial charge is 0.444 e. The van der Waals surface area contributed by atoms with Crippen LogP contribution in [0.4, 0.5) is 18.7 Å². The molecule has 10 nitrogen and oxygen atoms in total. The van der Waals surface area contributed by atoms with Crippen molar-refractivity contribution in [1.29, 1.82) is 0 Å². The molecule has 0 bridgehead atoms. The van der Waals surface area contributed by atoms with Crippen molar-refractivity contribution in [2.24, 2.45) is 5.92 Å². The summed E-state index contributed by atoms with van der Waals surface area (Å²) in [6.45, 7) is 7.88. The van der Waals surface area contributed by atoms with Crippen molar-refractivity contribution in [3.8, 4) is 0 Å². The van der Waals surface area contributed by atoms with Gasteiger partial charge in [0.1, 0.15) is 11.6 Å². The molecule has 3 aliphatic heterocycles. The van der Waals surface area contributed by atoms with E-state index in [1.54, 1.807) is 37.5 Å². The Hall–Kier alpha value is -2.87. The number of hydrogen-bond acceptors (Lipinski definition) is 8. The third-order valence-electron chi connectivity index (χ3n) is 7.46. The van der Waals surface area contributed by atoms with Crippen LogP contribution in [0.15, 0.2) is 23.1 Å². The molecule has 5 rings (SSSR count). The van der Waals surface area contributed by atoms with Crippen LogP contribution in [-0.2, 0) is 24.2 Å². The number of fused-ring (bicyclic) bond motifs is 2. The van der Waals surface area contributed by atoms with Crippen LogP contribution < -0.4 is 4.90 Å². The maximum Gasteiger partial charge on any atom is 0.410 e. The molecule has 3 saturated heterocycles. The minimum atomic E-state index is -4.79. The van der Waals surface area contributed by atoms with E-state index in [0.717, 1.165) is 23.5 Å². The maximum absolute atomic E-state index is 13.7. The van der Waals surface area contributed by atoms with Crippen molar-refractivity contribution < 1.29 is 36.3 Å². The second kappa shape index (κ2) is 9.65. The van der Waals surface area contributed by atoms with Gasteiger partial charge in [0.25, 0.3) is 0 Å². The number of nitrogens with zero attached hydrogens (tertiary/aromatic N) is 4. The molecule has 14 heteroatoms. The number of ether oxygens (including phenoxy) is 1. The summed E-state index contributed by atoms with van der Waals surface area (Å²) < 4.78 is 55.9. The zero-order valence-electron chi connectivity index (χ0n) is 22.0. The quantitative estimate of drug-likeness (QED) is 0.539. The normalized spacial score (nSPS) is 25.7. The van der Waals surface area contributed by atoms with Crippen LogP contribution in [0.2, 0.25) is 0 Å². The fourth-order valence-electron chi connectivity index (χ4n) is 5.74. The second-order valence-electron chi connectivity index (χ2n) is 11.1. The highest BCUT2D eigenvalue weighted by Gasteiger charge is 2.55. The lowest BCUT2D eigenvalue weighted by Gasteiger charge is -2.33. The van der Waals surface area contributed by atoms with E-state index in [4.69, 9.17) is 4.74 Å². The van der Waals surface area contributed by atoms with Gasteiger partial charge in [0.15, 0.2) is 5.13 Å². The van der Waals surface area contributed by atoms with E-state index in [0.29, 0.717) is 42.2 Å². The predicted molar refractivity (Wildman–Crippen MR) is 139 cm³/mol. The molecule has 0 radical (unpaired) electrons. The molecule has 0 unspecified atom stereocenters. The molecule has 2 aromatic rings. The van der Waals surface area contributed by atoms with E-state index < -0.39 is 50.2 Å². The number of carbonyl (C=O) groups is 3. The highest BCUT2D eigenvalue weighted by Crippen LogP contribution is 2.43. The van der Waals surface area contributed by atoms with E-state index in [9.17, 15) is 31.6 Å². The number of benzene rings is 1. The summed E-state index contributed by atoms with van der Waals surface area (Å²) in [5.41, 5.74) is -0.494. The fraction of sp³-hybridized carbons (Fsp3) is 0.600. The number of halogens is 2. The third kappa shape index (κ3) is 4.75. The van der Waals surface area contributed by atoms with Crippen LogP contribution in [0.5, 0.6) is 0 Å². The van der Waals surface area contributed by atoms with Gasteiger partial charge < -0.3 is 9.64 Å². The van der Waals surface area contributed by atoms with E-state index >= 15 is 0 Å². The molecule has 0 N–H and O–H groups in total. The van der Waals surface area contributed by atoms with Crippen molar-refractivity contribution in [3.05, 3.63) is 18.2 Å². The minimum Gasteiger partial charge on any atom is -0.444 e. The van der Waals surface area contributed by atoms with Gasteiger partial charge in [-0.2, -0.15) is 8.78 Å². The molecule has 39 heavy (non-hydrogen) atoms. The van der Waals surface area contributed by atoms with E-state index in [2.05, 4.69) is 4.98 Å². The molecule has 3 fully saturated rings. The van der Waals surface area contributed by atoms with Crippen LogP contribution in [-0.4, -0.2) is 83.7 Å². The number of aromatic nitrogens is 1. The predicted octanol–water partition coefficient (Wildman–Crippen LogP) is 3.64. The monoisotopic (exact) mass is 584 g/mol. The Morgan fingerprint density at radius 1 is 1.15 bits per heavy atom. The summed E-state index contributed by atoms with van der Waals surface area (Å²) in [6, 6.07) is 2.17. The molecule has 3 amide bonds. The first kappa shape index (κ1) is 27.7. The van der Waals surface area contributed by atoms with Crippen LogP contribution in [0, 0.1) is 5.92 Å². The number of carbonyl (C=O) groups excluding carboxylic acids is 3. The van der Waals surface area contributed by atoms with Gasteiger partial charge in [0, 0.05) is 13.1 Å². The van der Waals surface area contributed by atoms with Crippen LogP contribution >= 0.6 is 11.3 Å². The first-order valence-corrected chi connectivity index (χ1v) is 15.1. The molecule has 4 heterocycles. The SMILES string of the molecule is C[C@@H]1C(=O)N(c2nc3cc(S(=O)(=O)C(F)F)ccc3s2)[C@H]2CCN(C(=O)[C@@H]3CCCN3C(=O)OC(C)(C)C)[C@H]12. The molecule has 212 valence electrons.